The summed E-state index contributed by atoms with van der Waals surface area (Å²) in [6.45, 7) is 6.31. The molecule has 0 radical (unpaired) electrons. The van der Waals surface area contributed by atoms with Crippen LogP contribution in [0, 0.1) is 5.92 Å². The van der Waals surface area contributed by atoms with Gasteiger partial charge in [0.1, 0.15) is 6.10 Å². The van der Waals surface area contributed by atoms with Crippen molar-refractivity contribution in [3.05, 3.63) is 35.9 Å². The normalized spacial score (nSPS) is 12.0. The molecule has 0 bridgehead atoms. The van der Waals surface area contributed by atoms with Gasteiger partial charge in [0.2, 0.25) is 0 Å². The van der Waals surface area contributed by atoms with E-state index < -0.39 is 0 Å². The standard InChI is InChI=1S/C19H28O4/c1-15(2)16(3)23-19(21)13-7-12-18(20)22-14-8-11-17-9-5-4-6-10-17/h4-6,9-10,15-16H,7-8,11-14H2,1-3H3. The van der Waals surface area contributed by atoms with E-state index in [0.29, 0.717) is 18.9 Å². The van der Waals surface area contributed by atoms with E-state index >= 15 is 0 Å². The van der Waals surface area contributed by atoms with Gasteiger partial charge in [-0.2, -0.15) is 0 Å². The van der Waals surface area contributed by atoms with Gasteiger partial charge in [-0.25, -0.2) is 0 Å². The van der Waals surface area contributed by atoms with Crippen LogP contribution in [-0.4, -0.2) is 24.6 Å². The Morgan fingerprint density at radius 2 is 1.61 bits per heavy atom. The van der Waals surface area contributed by atoms with Crippen molar-refractivity contribution in [1.82, 2.24) is 0 Å². The fourth-order valence-electron chi connectivity index (χ4n) is 1.96. The van der Waals surface area contributed by atoms with Gasteiger partial charge >= 0.3 is 11.9 Å². The highest BCUT2D eigenvalue weighted by atomic mass is 16.5. The van der Waals surface area contributed by atoms with Crippen molar-refractivity contribution in [3.63, 3.8) is 0 Å². The fourth-order valence-corrected chi connectivity index (χ4v) is 1.96. The molecular weight excluding hydrogens is 292 g/mol. The van der Waals surface area contributed by atoms with Gasteiger partial charge < -0.3 is 9.47 Å². The van der Waals surface area contributed by atoms with Crippen LogP contribution in [0.1, 0.15) is 52.0 Å². The Labute approximate surface area is 139 Å². The van der Waals surface area contributed by atoms with E-state index in [9.17, 15) is 9.59 Å². The predicted molar refractivity (Wildman–Crippen MR) is 90.0 cm³/mol. The average Bonchev–Trinajstić information content (AvgIpc) is 2.52. The second-order valence-electron chi connectivity index (χ2n) is 6.10. The van der Waals surface area contributed by atoms with Crippen molar-refractivity contribution in [2.75, 3.05) is 6.61 Å². The van der Waals surface area contributed by atoms with Gasteiger partial charge in [0.15, 0.2) is 0 Å². The topological polar surface area (TPSA) is 52.6 Å². The van der Waals surface area contributed by atoms with E-state index in [1.54, 1.807) is 0 Å². The molecule has 1 unspecified atom stereocenters. The fraction of sp³-hybridized carbons (Fsp3) is 0.579. The van der Waals surface area contributed by atoms with Crippen LogP contribution in [0.3, 0.4) is 0 Å². The smallest absolute Gasteiger partial charge is 0.306 e. The van der Waals surface area contributed by atoms with Crippen molar-refractivity contribution >= 4 is 11.9 Å². The van der Waals surface area contributed by atoms with Crippen molar-refractivity contribution in [1.29, 1.82) is 0 Å². The highest BCUT2D eigenvalue weighted by Crippen LogP contribution is 2.08. The van der Waals surface area contributed by atoms with Crippen LogP contribution in [0.5, 0.6) is 0 Å². The summed E-state index contributed by atoms with van der Waals surface area (Å²) in [6, 6.07) is 10.1. The van der Waals surface area contributed by atoms with Crippen LogP contribution in [0.4, 0.5) is 0 Å². The molecular formula is C19H28O4. The third-order valence-electron chi connectivity index (χ3n) is 3.73. The van der Waals surface area contributed by atoms with Gasteiger partial charge in [0.05, 0.1) is 6.61 Å². The van der Waals surface area contributed by atoms with Crippen LogP contribution in [0.15, 0.2) is 30.3 Å². The largest absolute Gasteiger partial charge is 0.466 e. The molecule has 128 valence electrons. The van der Waals surface area contributed by atoms with Gasteiger partial charge in [-0.3, -0.25) is 9.59 Å². The first-order chi connectivity index (χ1) is 11.0. The lowest BCUT2D eigenvalue weighted by atomic mass is 10.1. The molecule has 0 aliphatic rings. The van der Waals surface area contributed by atoms with Gasteiger partial charge in [0, 0.05) is 12.8 Å². The Morgan fingerprint density at radius 3 is 2.26 bits per heavy atom. The van der Waals surface area contributed by atoms with Crippen LogP contribution < -0.4 is 0 Å². The minimum Gasteiger partial charge on any atom is -0.466 e. The molecule has 0 saturated heterocycles. The second kappa shape index (κ2) is 10.8. The summed E-state index contributed by atoms with van der Waals surface area (Å²) in [7, 11) is 0. The third-order valence-corrected chi connectivity index (χ3v) is 3.73. The molecule has 0 aliphatic heterocycles. The second-order valence-corrected chi connectivity index (χ2v) is 6.10. The maximum Gasteiger partial charge on any atom is 0.306 e. The van der Waals surface area contributed by atoms with Crippen LogP contribution in [0.25, 0.3) is 0 Å². The molecule has 0 N–H and O–H groups in total. The maximum atomic E-state index is 11.6. The van der Waals surface area contributed by atoms with Crippen LogP contribution in [-0.2, 0) is 25.5 Å². The maximum absolute atomic E-state index is 11.6. The Morgan fingerprint density at radius 1 is 0.957 bits per heavy atom. The zero-order valence-electron chi connectivity index (χ0n) is 14.4. The highest BCUT2D eigenvalue weighted by molar-refractivity contribution is 5.72. The molecule has 0 heterocycles. The first-order valence-electron chi connectivity index (χ1n) is 8.38. The minimum atomic E-state index is -0.247. The van der Waals surface area contributed by atoms with Crippen molar-refractivity contribution < 1.29 is 19.1 Å². The molecule has 0 aromatic heterocycles. The van der Waals surface area contributed by atoms with Gasteiger partial charge in [-0.15, -0.1) is 0 Å². The summed E-state index contributed by atoms with van der Waals surface area (Å²) < 4.78 is 10.4. The van der Waals surface area contributed by atoms with Crippen LogP contribution >= 0.6 is 0 Å². The number of hydrogen-bond donors (Lipinski definition) is 0. The molecule has 0 spiro atoms. The Bertz CT molecular complexity index is 468. The van der Waals surface area contributed by atoms with E-state index in [1.807, 2.05) is 39.0 Å². The van der Waals surface area contributed by atoms with Crippen molar-refractivity contribution in [2.45, 2.75) is 59.0 Å². The Balaban J connectivity index is 2.05. The van der Waals surface area contributed by atoms with E-state index in [4.69, 9.17) is 9.47 Å². The lowest BCUT2D eigenvalue weighted by Crippen LogP contribution is -2.20. The highest BCUT2D eigenvalue weighted by Gasteiger charge is 2.13. The summed E-state index contributed by atoms with van der Waals surface area (Å²) in [5.41, 5.74) is 1.24. The molecule has 0 amide bonds. The number of esters is 2. The molecule has 1 aromatic carbocycles. The zero-order valence-corrected chi connectivity index (χ0v) is 14.4. The lowest BCUT2D eigenvalue weighted by molar-refractivity contribution is -0.150. The summed E-state index contributed by atoms with van der Waals surface area (Å²) in [4.78, 5) is 23.2. The van der Waals surface area contributed by atoms with Crippen molar-refractivity contribution in [2.24, 2.45) is 5.92 Å². The first-order valence-corrected chi connectivity index (χ1v) is 8.38. The number of hydrogen-bond acceptors (Lipinski definition) is 4. The number of ether oxygens (including phenoxy) is 2. The molecule has 0 saturated carbocycles. The van der Waals surface area contributed by atoms with E-state index in [0.717, 1.165) is 12.8 Å². The quantitative estimate of drug-likeness (QED) is 0.484. The number of benzene rings is 1. The Kier molecular flexibility index (Phi) is 9.03. The third kappa shape index (κ3) is 9.01. The van der Waals surface area contributed by atoms with E-state index in [-0.39, 0.29) is 30.9 Å². The van der Waals surface area contributed by atoms with Crippen LogP contribution in [0.2, 0.25) is 0 Å². The lowest BCUT2D eigenvalue weighted by Gasteiger charge is -2.16. The molecule has 4 nitrogen and oxygen atoms in total. The van der Waals surface area contributed by atoms with Gasteiger partial charge in [-0.1, -0.05) is 44.2 Å². The monoisotopic (exact) mass is 320 g/mol. The molecule has 1 rings (SSSR count). The zero-order chi connectivity index (χ0) is 17.1. The van der Waals surface area contributed by atoms with E-state index in [2.05, 4.69) is 12.1 Å². The minimum absolute atomic E-state index is 0.0903. The average molecular weight is 320 g/mol. The summed E-state index contributed by atoms with van der Waals surface area (Å²) >= 11 is 0. The SMILES string of the molecule is CC(C)C(C)OC(=O)CCCC(=O)OCCCc1ccccc1. The number of carbonyl (C=O) groups is 2. The molecule has 0 aliphatic carbocycles. The summed E-state index contributed by atoms with van der Waals surface area (Å²) in [6.07, 6.45) is 2.61. The molecule has 1 atom stereocenters. The molecule has 0 fully saturated rings. The van der Waals surface area contributed by atoms with Gasteiger partial charge in [-0.05, 0) is 37.7 Å². The number of carbonyl (C=O) groups excluding carboxylic acids is 2. The predicted octanol–water partition coefficient (Wildman–Crippen LogP) is 3.92. The number of aryl methyl sites for hydroxylation is 1. The first kappa shape index (κ1) is 19.2. The van der Waals surface area contributed by atoms with E-state index in [1.165, 1.54) is 5.56 Å². The Hall–Kier alpha value is -1.84. The van der Waals surface area contributed by atoms with Crippen molar-refractivity contribution in [3.8, 4) is 0 Å². The molecule has 4 heteroatoms. The summed E-state index contributed by atoms with van der Waals surface area (Å²) in [5.74, 6) is -0.195. The van der Waals surface area contributed by atoms with Gasteiger partial charge in [0.25, 0.3) is 0 Å². The summed E-state index contributed by atoms with van der Waals surface area (Å²) in [5, 5.41) is 0. The molecule has 1 aromatic rings. The number of rotatable bonds is 10. The molecule has 23 heavy (non-hydrogen) atoms.